The molecule has 96 valence electrons. The summed E-state index contributed by atoms with van der Waals surface area (Å²) in [5.74, 6) is 0.843. The maximum Gasteiger partial charge on any atom is 0.127 e. The van der Waals surface area contributed by atoms with Gasteiger partial charge in [0.2, 0.25) is 0 Å². The molecule has 17 heavy (non-hydrogen) atoms. The van der Waals surface area contributed by atoms with Gasteiger partial charge in [-0.2, -0.15) is 0 Å². The van der Waals surface area contributed by atoms with Crippen LogP contribution in [0.2, 0.25) is 5.02 Å². The monoisotopic (exact) mass is 257 g/mol. The van der Waals surface area contributed by atoms with E-state index in [1.165, 1.54) is 6.07 Å². The quantitative estimate of drug-likeness (QED) is 0.815. The zero-order chi connectivity index (χ0) is 12.8. The van der Waals surface area contributed by atoms with Crippen molar-refractivity contribution in [2.24, 2.45) is 11.8 Å². The summed E-state index contributed by atoms with van der Waals surface area (Å²) in [6.45, 7) is 5.26. The molecule has 0 saturated heterocycles. The molecule has 0 spiro atoms. The van der Waals surface area contributed by atoms with Gasteiger partial charge in [-0.25, -0.2) is 4.39 Å². The standard InChI is InChI=1S/C14H21ClFN/c1-10(2)7-11(9-17-3)8-12-13(15)5-4-6-14(12)16/h4-6,10-11,17H,7-9H2,1-3H3. The van der Waals surface area contributed by atoms with Crippen LogP contribution < -0.4 is 5.32 Å². The molecule has 1 aromatic rings. The van der Waals surface area contributed by atoms with Crippen molar-refractivity contribution >= 4 is 11.6 Å². The van der Waals surface area contributed by atoms with Crippen LogP contribution in [0.3, 0.4) is 0 Å². The summed E-state index contributed by atoms with van der Waals surface area (Å²) in [6, 6.07) is 4.88. The molecule has 1 rings (SSSR count). The minimum Gasteiger partial charge on any atom is -0.319 e. The lowest BCUT2D eigenvalue weighted by Gasteiger charge is -2.19. The van der Waals surface area contributed by atoms with Crippen molar-refractivity contribution in [2.45, 2.75) is 26.7 Å². The predicted octanol–water partition coefficient (Wildman–Crippen LogP) is 3.90. The molecular formula is C14H21ClFN. The van der Waals surface area contributed by atoms with Crippen LogP contribution in [0.25, 0.3) is 0 Å². The first kappa shape index (κ1) is 14.5. The highest BCUT2D eigenvalue weighted by molar-refractivity contribution is 6.31. The molecule has 1 atom stereocenters. The molecule has 0 saturated carbocycles. The van der Waals surface area contributed by atoms with Gasteiger partial charge >= 0.3 is 0 Å². The molecule has 1 nitrogen and oxygen atoms in total. The van der Waals surface area contributed by atoms with Crippen molar-refractivity contribution in [1.82, 2.24) is 5.32 Å². The number of benzene rings is 1. The van der Waals surface area contributed by atoms with Crippen LogP contribution in [0.1, 0.15) is 25.8 Å². The Morgan fingerprint density at radius 3 is 2.59 bits per heavy atom. The average molecular weight is 258 g/mol. The van der Waals surface area contributed by atoms with Crippen LogP contribution in [0.4, 0.5) is 4.39 Å². The van der Waals surface area contributed by atoms with Crippen molar-refractivity contribution in [1.29, 1.82) is 0 Å². The summed E-state index contributed by atoms with van der Waals surface area (Å²) < 4.78 is 13.7. The summed E-state index contributed by atoms with van der Waals surface area (Å²) in [6.07, 6.45) is 1.77. The minimum absolute atomic E-state index is 0.192. The van der Waals surface area contributed by atoms with Gasteiger partial charge < -0.3 is 5.32 Å². The van der Waals surface area contributed by atoms with Gasteiger partial charge in [0.15, 0.2) is 0 Å². The Labute approximate surface area is 108 Å². The highest BCUT2D eigenvalue weighted by atomic mass is 35.5. The topological polar surface area (TPSA) is 12.0 Å². The Balaban J connectivity index is 2.78. The van der Waals surface area contributed by atoms with Crippen molar-refractivity contribution < 1.29 is 4.39 Å². The minimum atomic E-state index is -0.192. The van der Waals surface area contributed by atoms with Gasteiger partial charge in [0.25, 0.3) is 0 Å². The fourth-order valence-corrected chi connectivity index (χ4v) is 2.45. The van der Waals surface area contributed by atoms with Crippen molar-refractivity contribution in [3.05, 3.63) is 34.6 Å². The smallest absolute Gasteiger partial charge is 0.127 e. The third-order valence-corrected chi connectivity index (χ3v) is 3.21. The Bertz CT molecular complexity index is 332. The van der Waals surface area contributed by atoms with Crippen molar-refractivity contribution in [3.63, 3.8) is 0 Å². The average Bonchev–Trinajstić information content (AvgIpc) is 2.23. The molecule has 3 heteroatoms. The van der Waals surface area contributed by atoms with Gasteiger partial charge in [0, 0.05) is 10.6 Å². The zero-order valence-electron chi connectivity index (χ0n) is 10.8. The first-order valence-electron chi connectivity index (χ1n) is 6.12. The van der Waals surface area contributed by atoms with E-state index in [-0.39, 0.29) is 5.82 Å². The van der Waals surface area contributed by atoms with E-state index in [1.807, 2.05) is 7.05 Å². The van der Waals surface area contributed by atoms with Crippen molar-refractivity contribution in [3.8, 4) is 0 Å². The van der Waals surface area contributed by atoms with E-state index in [2.05, 4.69) is 19.2 Å². The number of nitrogens with one attached hydrogen (secondary N) is 1. The number of rotatable bonds is 6. The fraction of sp³-hybridized carbons (Fsp3) is 0.571. The third kappa shape index (κ3) is 4.64. The number of hydrogen-bond acceptors (Lipinski definition) is 1. The Hall–Kier alpha value is -0.600. The second kappa shape index (κ2) is 6.97. The van der Waals surface area contributed by atoms with Crippen LogP contribution in [0.15, 0.2) is 18.2 Å². The van der Waals surface area contributed by atoms with E-state index < -0.39 is 0 Å². The van der Waals surface area contributed by atoms with Gasteiger partial charge in [-0.1, -0.05) is 31.5 Å². The molecule has 0 aliphatic heterocycles. The molecule has 0 heterocycles. The first-order valence-corrected chi connectivity index (χ1v) is 6.49. The molecule has 1 N–H and O–H groups in total. The first-order chi connectivity index (χ1) is 8.04. The van der Waals surface area contributed by atoms with E-state index in [0.717, 1.165) is 13.0 Å². The van der Waals surface area contributed by atoms with Gasteiger partial charge in [0.1, 0.15) is 5.82 Å². The molecule has 1 unspecified atom stereocenters. The molecule has 0 amide bonds. The lowest BCUT2D eigenvalue weighted by Crippen LogP contribution is -2.22. The van der Waals surface area contributed by atoms with Crippen LogP contribution in [0, 0.1) is 17.7 Å². The van der Waals surface area contributed by atoms with Crippen LogP contribution >= 0.6 is 11.6 Å². The summed E-state index contributed by atoms with van der Waals surface area (Å²) in [4.78, 5) is 0. The number of hydrogen-bond donors (Lipinski definition) is 1. The summed E-state index contributed by atoms with van der Waals surface area (Å²) >= 11 is 6.05. The summed E-state index contributed by atoms with van der Waals surface area (Å²) in [7, 11) is 1.93. The fourth-order valence-electron chi connectivity index (χ4n) is 2.21. The van der Waals surface area contributed by atoms with E-state index in [9.17, 15) is 4.39 Å². The Morgan fingerprint density at radius 2 is 2.06 bits per heavy atom. The molecule has 1 aromatic carbocycles. The highest BCUT2D eigenvalue weighted by Gasteiger charge is 2.15. The summed E-state index contributed by atoms with van der Waals surface area (Å²) in [5, 5.41) is 3.70. The predicted molar refractivity (Wildman–Crippen MR) is 72.0 cm³/mol. The maximum atomic E-state index is 13.7. The third-order valence-electron chi connectivity index (χ3n) is 2.85. The molecule has 0 aromatic heterocycles. The lowest BCUT2D eigenvalue weighted by atomic mass is 9.90. The summed E-state index contributed by atoms with van der Waals surface area (Å²) in [5.41, 5.74) is 0.648. The Morgan fingerprint density at radius 1 is 1.35 bits per heavy atom. The lowest BCUT2D eigenvalue weighted by molar-refractivity contribution is 0.390. The number of halogens is 2. The second-order valence-electron chi connectivity index (χ2n) is 4.96. The van der Waals surface area contributed by atoms with Crippen molar-refractivity contribution in [2.75, 3.05) is 13.6 Å². The van der Waals surface area contributed by atoms with Gasteiger partial charge in [-0.3, -0.25) is 0 Å². The van der Waals surface area contributed by atoms with Gasteiger partial charge in [-0.05, 0) is 50.4 Å². The molecule has 0 aliphatic carbocycles. The molecule has 0 fully saturated rings. The van der Waals surface area contributed by atoms with Gasteiger partial charge in [0.05, 0.1) is 0 Å². The second-order valence-corrected chi connectivity index (χ2v) is 5.36. The Kier molecular flexibility index (Phi) is 5.93. The van der Waals surface area contributed by atoms with Crippen LogP contribution in [-0.2, 0) is 6.42 Å². The highest BCUT2D eigenvalue weighted by Crippen LogP contribution is 2.24. The van der Waals surface area contributed by atoms with E-state index in [1.54, 1.807) is 12.1 Å². The molecule has 0 bridgehead atoms. The largest absolute Gasteiger partial charge is 0.319 e. The SMILES string of the molecule is CNCC(Cc1c(F)cccc1Cl)CC(C)C. The molecule has 0 radical (unpaired) electrons. The van der Waals surface area contributed by atoms with Gasteiger partial charge in [-0.15, -0.1) is 0 Å². The molecule has 0 aliphatic rings. The van der Waals surface area contributed by atoms with E-state index in [4.69, 9.17) is 11.6 Å². The maximum absolute atomic E-state index is 13.7. The normalized spacial score (nSPS) is 13.1. The van der Waals surface area contributed by atoms with E-state index in [0.29, 0.717) is 28.8 Å². The zero-order valence-corrected chi connectivity index (χ0v) is 11.5. The molecular weight excluding hydrogens is 237 g/mol. The van der Waals surface area contributed by atoms with E-state index >= 15 is 0 Å². The van der Waals surface area contributed by atoms with Crippen LogP contribution in [-0.4, -0.2) is 13.6 Å². The van der Waals surface area contributed by atoms with Crippen LogP contribution in [0.5, 0.6) is 0 Å².